The van der Waals surface area contributed by atoms with Crippen molar-refractivity contribution in [2.75, 3.05) is 14.1 Å². The van der Waals surface area contributed by atoms with Gasteiger partial charge >= 0.3 is 6.18 Å². The molecule has 0 bridgehead atoms. The molecule has 0 heterocycles. The van der Waals surface area contributed by atoms with Crippen LogP contribution in [0.4, 0.5) is 17.6 Å². The number of hydrogen-bond acceptors (Lipinski definition) is 1. The van der Waals surface area contributed by atoms with Crippen LogP contribution >= 0.6 is 0 Å². The summed E-state index contributed by atoms with van der Waals surface area (Å²) in [6.45, 7) is 11.0. The van der Waals surface area contributed by atoms with Crippen molar-refractivity contribution >= 4 is 0 Å². The molecule has 0 saturated carbocycles. The fraction of sp³-hybridized carbons (Fsp3) is 0.368. The summed E-state index contributed by atoms with van der Waals surface area (Å²) in [5.74, 6) is -0.859. The molecule has 1 aliphatic rings. The standard InChI is InChI=1S/C19H23F4N/c1-12(2)15(9-7-8-14(4)24(5)6)16-10-13(3)17(11-18(16)20)19(21,22)23/h7,9,11H,3-4,8,10H2,1-2,5-6H3/b9-7-. The van der Waals surface area contributed by atoms with E-state index in [1.807, 2.05) is 25.1 Å². The predicted octanol–water partition coefficient (Wildman–Crippen LogP) is 6.02. The lowest BCUT2D eigenvalue weighted by molar-refractivity contribution is -0.0897. The molecule has 0 unspecified atom stereocenters. The molecular formula is C19H23F4N. The molecule has 132 valence electrons. The van der Waals surface area contributed by atoms with E-state index in [1.54, 1.807) is 19.9 Å². The summed E-state index contributed by atoms with van der Waals surface area (Å²) in [4.78, 5) is 1.87. The summed E-state index contributed by atoms with van der Waals surface area (Å²) in [6, 6.07) is 0. The molecule has 0 aromatic heterocycles. The topological polar surface area (TPSA) is 3.24 Å². The monoisotopic (exact) mass is 341 g/mol. The first-order chi connectivity index (χ1) is 10.9. The molecular weight excluding hydrogens is 318 g/mol. The van der Waals surface area contributed by atoms with Gasteiger partial charge in [-0.25, -0.2) is 4.39 Å². The van der Waals surface area contributed by atoms with Crippen LogP contribution in [0.25, 0.3) is 0 Å². The first-order valence-electron chi connectivity index (χ1n) is 7.50. The van der Waals surface area contributed by atoms with Crippen molar-refractivity contribution in [2.45, 2.75) is 32.9 Å². The van der Waals surface area contributed by atoms with Gasteiger partial charge in [-0.15, -0.1) is 0 Å². The number of halogens is 4. The van der Waals surface area contributed by atoms with Gasteiger partial charge in [0.1, 0.15) is 5.83 Å². The van der Waals surface area contributed by atoms with E-state index in [9.17, 15) is 17.6 Å². The van der Waals surface area contributed by atoms with Crippen molar-refractivity contribution < 1.29 is 17.6 Å². The van der Waals surface area contributed by atoms with Crippen LogP contribution in [-0.2, 0) is 0 Å². The van der Waals surface area contributed by atoms with Crippen LogP contribution in [0.2, 0.25) is 0 Å². The van der Waals surface area contributed by atoms with Gasteiger partial charge in [-0.05, 0) is 36.6 Å². The van der Waals surface area contributed by atoms with E-state index < -0.39 is 17.6 Å². The van der Waals surface area contributed by atoms with Gasteiger partial charge in [0.15, 0.2) is 0 Å². The summed E-state index contributed by atoms with van der Waals surface area (Å²) in [5, 5.41) is 0. The molecule has 1 nitrogen and oxygen atoms in total. The van der Waals surface area contributed by atoms with Crippen LogP contribution in [0, 0.1) is 0 Å². The molecule has 1 rings (SSSR count). The summed E-state index contributed by atoms with van der Waals surface area (Å²) in [5.41, 5.74) is 1.41. The lowest BCUT2D eigenvalue weighted by Crippen LogP contribution is -2.17. The number of nitrogens with zero attached hydrogens (tertiary/aromatic N) is 1. The predicted molar refractivity (Wildman–Crippen MR) is 91.0 cm³/mol. The Bertz CT molecular complexity index is 651. The highest BCUT2D eigenvalue weighted by Gasteiger charge is 2.38. The first kappa shape index (κ1) is 20.0. The van der Waals surface area contributed by atoms with Crippen molar-refractivity contribution in [2.24, 2.45) is 0 Å². The van der Waals surface area contributed by atoms with E-state index >= 15 is 0 Å². The molecule has 24 heavy (non-hydrogen) atoms. The second-order valence-electron chi connectivity index (χ2n) is 6.14. The fourth-order valence-corrected chi connectivity index (χ4v) is 2.28. The minimum absolute atomic E-state index is 0.122. The first-order valence-corrected chi connectivity index (χ1v) is 7.50. The number of rotatable bonds is 5. The van der Waals surface area contributed by atoms with E-state index in [0.717, 1.165) is 11.3 Å². The van der Waals surface area contributed by atoms with Crippen LogP contribution < -0.4 is 0 Å². The molecule has 0 N–H and O–H groups in total. The van der Waals surface area contributed by atoms with E-state index in [1.165, 1.54) is 0 Å². The Morgan fingerprint density at radius 2 is 1.88 bits per heavy atom. The summed E-state index contributed by atoms with van der Waals surface area (Å²) < 4.78 is 52.9. The van der Waals surface area contributed by atoms with Gasteiger partial charge in [-0.3, -0.25) is 0 Å². The molecule has 0 atom stereocenters. The maximum Gasteiger partial charge on any atom is 0.416 e. The number of allylic oxidation sites excluding steroid dienone is 9. The smallest absolute Gasteiger partial charge is 0.381 e. The molecule has 0 aliphatic heterocycles. The van der Waals surface area contributed by atoms with Gasteiger partial charge in [0.05, 0.1) is 5.57 Å². The fourth-order valence-electron chi connectivity index (χ4n) is 2.28. The van der Waals surface area contributed by atoms with Crippen LogP contribution in [0.3, 0.4) is 0 Å². The molecule has 0 aromatic rings. The van der Waals surface area contributed by atoms with Crippen LogP contribution in [0.5, 0.6) is 0 Å². The third-order valence-electron chi connectivity index (χ3n) is 3.77. The lowest BCUT2D eigenvalue weighted by atomic mass is 9.87. The van der Waals surface area contributed by atoms with Crippen molar-refractivity contribution in [1.29, 1.82) is 0 Å². The third-order valence-corrected chi connectivity index (χ3v) is 3.77. The van der Waals surface area contributed by atoms with Crippen molar-refractivity contribution in [3.63, 3.8) is 0 Å². The van der Waals surface area contributed by atoms with Crippen molar-refractivity contribution in [3.8, 4) is 0 Å². The van der Waals surface area contributed by atoms with Crippen molar-refractivity contribution in [1.82, 2.24) is 4.90 Å². The maximum atomic E-state index is 14.3. The van der Waals surface area contributed by atoms with Crippen LogP contribution in [-0.4, -0.2) is 25.2 Å². The quantitative estimate of drug-likeness (QED) is 0.437. The normalized spacial score (nSPS) is 15.7. The SMILES string of the molecule is C=C1CC(C(/C=C\CC(=C)N(C)C)=C(C)C)=C(F)C=C1C(F)(F)F. The zero-order valence-electron chi connectivity index (χ0n) is 14.5. The maximum absolute atomic E-state index is 14.3. The highest BCUT2D eigenvalue weighted by Crippen LogP contribution is 2.41. The molecule has 0 aromatic carbocycles. The molecule has 1 aliphatic carbocycles. The second-order valence-corrected chi connectivity index (χ2v) is 6.14. The highest BCUT2D eigenvalue weighted by atomic mass is 19.4. The highest BCUT2D eigenvalue weighted by molar-refractivity contribution is 5.55. The van der Waals surface area contributed by atoms with E-state index in [-0.39, 0.29) is 17.6 Å². The molecule has 0 fully saturated rings. The second kappa shape index (κ2) is 7.69. The Morgan fingerprint density at radius 3 is 2.33 bits per heavy atom. The Morgan fingerprint density at radius 1 is 1.29 bits per heavy atom. The third kappa shape index (κ3) is 4.98. The van der Waals surface area contributed by atoms with Crippen molar-refractivity contribution in [3.05, 3.63) is 70.8 Å². The molecule has 0 amide bonds. The molecule has 5 heteroatoms. The summed E-state index contributed by atoms with van der Waals surface area (Å²) in [7, 11) is 3.74. The minimum atomic E-state index is -4.59. The largest absolute Gasteiger partial charge is 0.416 e. The van der Waals surface area contributed by atoms with Gasteiger partial charge in [-0.2, -0.15) is 13.2 Å². The Kier molecular flexibility index (Phi) is 6.41. The summed E-state index contributed by atoms with van der Waals surface area (Å²) >= 11 is 0. The zero-order chi connectivity index (χ0) is 18.7. The number of hydrogen-bond donors (Lipinski definition) is 0. The minimum Gasteiger partial charge on any atom is -0.381 e. The van der Waals surface area contributed by atoms with Gasteiger partial charge < -0.3 is 4.90 Å². The molecule has 0 spiro atoms. The zero-order valence-corrected chi connectivity index (χ0v) is 14.5. The average molecular weight is 341 g/mol. The average Bonchev–Trinajstić information content (AvgIpc) is 2.44. The van der Waals surface area contributed by atoms with E-state index in [4.69, 9.17) is 0 Å². The number of alkyl halides is 3. The lowest BCUT2D eigenvalue weighted by Gasteiger charge is -2.22. The van der Waals surface area contributed by atoms with Gasteiger partial charge in [0.25, 0.3) is 0 Å². The van der Waals surface area contributed by atoms with Gasteiger partial charge in [0, 0.05) is 32.6 Å². The Balaban J connectivity index is 3.18. The van der Waals surface area contributed by atoms with E-state index in [0.29, 0.717) is 18.1 Å². The van der Waals surface area contributed by atoms with Gasteiger partial charge in [0.2, 0.25) is 0 Å². The summed E-state index contributed by atoms with van der Waals surface area (Å²) in [6.07, 6.45) is -0.0731. The van der Waals surface area contributed by atoms with E-state index in [2.05, 4.69) is 13.2 Å². The van der Waals surface area contributed by atoms with Crippen LogP contribution in [0.15, 0.2) is 70.8 Å². The van der Waals surface area contributed by atoms with Gasteiger partial charge in [-0.1, -0.05) is 30.9 Å². The Labute approximate surface area is 141 Å². The molecule has 0 saturated heterocycles. The van der Waals surface area contributed by atoms with Crippen LogP contribution in [0.1, 0.15) is 26.7 Å². The Hall–Kier alpha value is -2.04. The molecule has 0 radical (unpaired) electrons.